The normalized spacial score (nSPS) is 15.1. The summed E-state index contributed by atoms with van der Waals surface area (Å²) in [5.41, 5.74) is 5.12. The topological polar surface area (TPSA) is 32.3 Å². The zero-order chi connectivity index (χ0) is 19.6. The minimum atomic E-state index is -0.171. The number of hydrogen-bond acceptors (Lipinski definition) is 2. The molecule has 3 aromatic carbocycles. The Morgan fingerprint density at radius 2 is 1.54 bits per heavy atom. The van der Waals surface area contributed by atoms with E-state index in [9.17, 15) is 4.79 Å². The van der Waals surface area contributed by atoms with Gasteiger partial charge in [0.05, 0.1) is 11.4 Å². The summed E-state index contributed by atoms with van der Waals surface area (Å²) in [4.78, 5) is 14.8. The molecule has 3 heteroatoms. The number of carbonyl (C=O) groups is 1. The third-order valence-corrected chi connectivity index (χ3v) is 4.92. The Labute approximate surface area is 166 Å². The lowest BCUT2D eigenvalue weighted by molar-refractivity contribution is -0.114. The number of anilines is 2. The van der Waals surface area contributed by atoms with Gasteiger partial charge >= 0.3 is 0 Å². The van der Waals surface area contributed by atoms with Crippen LogP contribution in [0.25, 0.3) is 17.2 Å². The van der Waals surface area contributed by atoms with Crippen molar-refractivity contribution >= 4 is 23.4 Å². The van der Waals surface area contributed by atoms with Gasteiger partial charge in [-0.05, 0) is 48.7 Å². The molecule has 4 rings (SSSR count). The van der Waals surface area contributed by atoms with Crippen LogP contribution in [0.15, 0.2) is 84.9 Å². The Kier molecular flexibility index (Phi) is 4.74. The van der Waals surface area contributed by atoms with Crippen molar-refractivity contribution in [1.29, 1.82) is 0 Å². The molecule has 1 aliphatic heterocycles. The van der Waals surface area contributed by atoms with Gasteiger partial charge in [0.15, 0.2) is 0 Å². The van der Waals surface area contributed by atoms with Crippen LogP contribution in [0.1, 0.15) is 19.4 Å². The number of nitrogens with one attached hydrogen (secondary N) is 1. The van der Waals surface area contributed by atoms with Crippen molar-refractivity contribution in [2.75, 3.05) is 16.8 Å². The van der Waals surface area contributed by atoms with Crippen LogP contribution in [0, 0.1) is 0 Å². The summed E-state index contributed by atoms with van der Waals surface area (Å²) in [6, 6.07) is 26.5. The highest BCUT2D eigenvalue weighted by molar-refractivity contribution is 6.06. The summed E-state index contributed by atoms with van der Waals surface area (Å²) in [5.74, 6) is -0.00541. The molecule has 0 spiro atoms. The van der Waals surface area contributed by atoms with Crippen LogP contribution in [-0.2, 0) is 4.79 Å². The van der Waals surface area contributed by atoms with Crippen molar-refractivity contribution in [2.24, 2.45) is 0 Å². The number of para-hydroxylation sites is 2. The van der Waals surface area contributed by atoms with E-state index < -0.39 is 0 Å². The van der Waals surface area contributed by atoms with Gasteiger partial charge in [-0.15, -0.1) is 0 Å². The number of nitrogens with zero attached hydrogens (tertiary/aromatic N) is 1. The fourth-order valence-corrected chi connectivity index (χ4v) is 3.57. The van der Waals surface area contributed by atoms with E-state index in [1.807, 2.05) is 65.6 Å². The summed E-state index contributed by atoms with van der Waals surface area (Å²) < 4.78 is 0. The summed E-state index contributed by atoms with van der Waals surface area (Å²) in [6.45, 7) is 4.84. The highest BCUT2D eigenvalue weighted by Gasteiger charge is 2.31. The summed E-state index contributed by atoms with van der Waals surface area (Å²) in [6.07, 6.45) is 3.55. The van der Waals surface area contributed by atoms with Crippen LogP contribution >= 0.6 is 0 Å². The van der Waals surface area contributed by atoms with Crippen LogP contribution in [0.3, 0.4) is 0 Å². The number of rotatable bonds is 3. The maximum absolute atomic E-state index is 12.9. The fourth-order valence-electron chi connectivity index (χ4n) is 3.57. The predicted octanol–water partition coefficient (Wildman–Crippen LogP) is 5.60. The molecule has 0 saturated carbocycles. The molecule has 3 aromatic rings. The number of fused-ring (bicyclic) bond motifs is 1. The Hall–Kier alpha value is -3.33. The van der Waals surface area contributed by atoms with Crippen molar-refractivity contribution in [3.05, 3.63) is 90.5 Å². The summed E-state index contributed by atoms with van der Waals surface area (Å²) in [7, 11) is 0. The van der Waals surface area contributed by atoms with Gasteiger partial charge in [-0.1, -0.05) is 66.7 Å². The Bertz CT molecular complexity index is 1000. The molecule has 1 N–H and O–H groups in total. The fraction of sp³-hybridized carbons (Fsp3) is 0.160. The molecule has 0 atom stereocenters. The van der Waals surface area contributed by atoms with E-state index in [0.717, 1.165) is 16.9 Å². The van der Waals surface area contributed by atoms with Crippen molar-refractivity contribution in [3.63, 3.8) is 0 Å². The monoisotopic (exact) mass is 368 g/mol. The first-order chi connectivity index (χ1) is 13.5. The minimum Gasteiger partial charge on any atom is -0.377 e. The van der Waals surface area contributed by atoms with E-state index in [0.29, 0.717) is 6.54 Å². The molecule has 0 aliphatic carbocycles. The second kappa shape index (κ2) is 7.35. The second-order valence-corrected chi connectivity index (χ2v) is 7.77. The van der Waals surface area contributed by atoms with Crippen molar-refractivity contribution in [1.82, 2.24) is 0 Å². The van der Waals surface area contributed by atoms with Crippen LogP contribution in [0.5, 0.6) is 0 Å². The quantitative estimate of drug-likeness (QED) is 0.610. The van der Waals surface area contributed by atoms with Gasteiger partial charge in [-0.25, -0.2) is 0 Å². The SMILES string of the molecule is CC1(C)CN(C(=O)/C=C/c2ccc(-c3ccccc3)cc2)c2ccccc2N1. The number of hydrogen-bond donors (Lipinski definition) is 1. The number of carbonyl (C=O) groups excluding carboxylic acids is 1. The third kappa shape index (κ3) is 3.84. The highest BCUT2D eigenvalue weighted by Crippen LogP contribution is 2.34. The van der Waals surface area contributed by atoms with E-state index in [2.05, 4.69) is 43.4 Å². The predicted molar refractivity (Wildman–Crippen MR) is 117 cm³/mol. The second-order valence-electron chi connectivity index (χ2n) is 7.77. The molecular weight excluding hydrogens is 344 g/mol. The molecule has 3 nitrogen and oxygen atoms in total. The zero-order valence-corrected chi connectivity index (χ0v) is 16.2. The highest BCUT2D eigenvalue weighted by atomic mass is 16.2. The van der Waals surface area contributed by atoms with Crippen molar-refractivity contribution in [3.8, 4) is 11.1 Å². The molecule has 0 bridgehead atoms. The molecule has 0 aromatic heterocycles. The average Bonchev–Trinajstić information content (AvgIpc) is 2.72. The first-order valence-electron chi connectivity index (χ1n) is 9.54. The van der Waals surface area contributed by atoms with E-state index >= 15 is 0 Å². The molecule has 0 radical (unpaired) electrons. The Morgan fingerprint density at radius 1 is 0.893 bits per heavy atom. The first kappa shape index (κ1) is 18.1. The largest absolute Gasteiger partial charge is 0.377 e. The van der Waals surface area contributed by atoms with E-state index in [1.54, 1.807) is 6.08 Å². The summed E-state index contributed by atoms with van der Waals surface area (Å²) in [5, 5.41) is 3.50. The van der Waals surface area contributed by atoms with Crippen molar-refractivity contribution < 1.29 is 4.79 Å². The van der Waals surface area contributed by atoms with Gasteiger partial charge in [0, 0.05) is 18.2 Å². The van der Waals surface area contributed by atoms with Gasteiger partial charge in [0.25, 0.3) is 5.91 Å². The Balaban J connectivity index is 1.53. The van der Waals surface area contributed by atoms with Crippen LogP contribution < -0.4 is 10.2 Å². The van der Waals surface area contributed by atoms with Gasteiger partial charge < -0.3 is 10.2 Å². The Morgan fingerprint density at radius 3 is 2.29 bits per heavy atom. The molecule has 0 fully saturated rings. The van der Waals surface area contributed by atoms with Gasteiger partial charge in [-0.3, -0.25) is 4.79 Å². The summed E-state index contributed by atoms with van der Waals surface area (Å²) >= 11 is 0. The lowest BCUT2D eigenvalue weighted by Gasteiger charge is -2.40. The number of amides is 1. The molecule has 0 unspecified atom stereocenters. The van der Waals surface area contributed by atoms with Crippen molar-refractivity contribution in [2.45, 2.75) is 19.4 Å². The maximum Gasteiger partial charge on any atom is 0.251 e. The van der Waals surface area contributed by atoms with E-state index in [4.69, 9.17) is 0 Å². The molecule has 28 heavy (non-hydrogen) atoms. The average molecular weight is 368 g/mol. The lowest BCUT2D eigenvalue weighted by Crippen LogP contribution is -2.50. The zero-order valence-electron chi connectivity index (χ0n) is 16.2. The van der Waals surface area contributed by atoms with Crippen LogP contribution in [0.4, 0.5) is 11.4 Å². The van der Waals surface area contributed by atoms with E-state index in [-0.39, 0.29) is 11.4 Å². The molecule has 1 heterocycles. The molecule has 0 saturated heterocycles. The van der Waals surface area contributed by atoms with Crippen LogP contribution in [-0.4, -0.2) is 18.0 Å². The first-order valence-corrected chi connectivity index (χ1v) is 9.54. The van der Waals surface area contributed by atoms with Crippen LogP contribution in [0.2, 0.25) is 0 Å². The maximum atomic E-state index is 12.9. The van der Waals surface area contributed by atoms with Gasteiger partial charge in [-0.2, -0.15) is 0 Å². The standard InChI is InChI=1S/C25H24N2O/c1-25(2)18-27(23-11-7-6-10-22(23)26-25)24(28)17-14-19-12-15-21(16-13-19)20-8-4-3-5-9-20/h3-17,26H,18H2,1-2H3/b17-14+. The molecule has 140 valence electrons. The minimum absolute atomic E-state index is 0.00541. The smallest absolute Gasteiger partial charge is 0.251 e. The molecule has 1 aliphatic rings. The number of benzene rings is 3. The molecule has 1 amide bonds. The van der Waals surface area contributed by atoms with Gasteiger partial charge in [0.1, 0.15) is 0 Å². The molecular formula is C25H24N2O. The van der Waals surface area contributed by atoms with E-state index in [1.165, 1.54) is 11.1 Å². The third-order valence-electron chi connectivity index (χ3n) is 4.92. The van der Waals surface area contributed by atoms with Gasteiger partial charge in [0.2, 0.25) is 0 Å². The lowest BCUT2D eigenvalue weighted by atomic mass is 9.99.